The van der Waals surface area contributed by atoms with E-state index in [4.69, 9.17) is 5.11 Å². The van der Waals surface area contributed by atoms with Crippen LogP contribution < -0.4 is 0 Å². The summed E-state index contributed by atoms with van der Waals surface area (Å²) in [5, 5.41) is 8.96. The van der Waals surface area contributed by atoms with E-state index in [1.165, 1.54) is 19.3 Å². The molecule has 0 spiro atoms. The maximum Gasteiger partial charge on any atom is 0.131 e. The molecule has 1 unspecified atom stereocenters. The van der Waals surface area contributed by atoms with E-state index in [0.29, 0.717) is 19.0 Å². The van der Waals surface area contributed by atoms with Crippen LogP contribution in [-0.2, 0) is 4.79 Å². The van der Waals surface area contributed by atoms with Gasteiger partial charge in [0.25, 0.3) is 0 Å². The van der Waals surface area contributed by atoms with Crippen molar-refractivity contribution in [3.05, 3.63) is 0 Å². The highest BCUT2D eigenvalue weighted by Gasteiger charge is 2.28. The molecule has 1 fully saturated rings. The van der Waals surface area contributed by atoms with Gasteiger partial charge in [-0.05, 0) is 26.7 Å². The number of aliphatic hydroxyl groups excluding tert-OH is 1. The molecule has 14 heavy (non-hydrogen) atoms. The summed E-state index contributed by atoms with van der Waals surface area (Å²) in [7, 11) is 0. The van der Waals surface area contributed by atoms with E-state index in [-0.39, 0.29) is 18.4 Å². The smallest absolute Gasteiger partial charge is 0.131 e. The molecule has 3 heteroatoms. The van der Waals surface area contributed by atoms with Crippen molar-refractivity contribution in [1.82, 2.24) is 4.90 Å². The third kappa shape index (κ3) is 3.07. The number of carbonyl (C=O) groups excluding carboxylic acids is 1. The summed E-state index contributed by atoms with van der Waals surface area (Å²) >= 11 is 0. The Morgan fingerprint density at radius 2 is 2.21 bits per heavy atom. The number of Topliss-reactive ketones (excluding diaryl/α,β-unsaturated/α-hetero) is 1. The van der Waals surface area contributed by atoms with Crippen LogP contribution in [0.3, 0.4) is 0 Å². The highest BCUT2D eigenvalue weighted by Crippen LogP contribution is 2.26. The van der Waals surface area contributed by atoms with Gasteiger partial charge in [-0.3, -0.25) is 9.69 Å². The van der Waals surface area contributed by atoms with Gasteiger partial charge in [0.2, 0.25) is 0 Å². The zero-order valence-corrected chi connectivity index (χ0v) is 9.20. The highest BCUT2D eigenvalue weighted by atomic mass is 16.3. The first kappa shape index (κ1) is 11.7. The Balaban J connectivity index is 2.42. The third-order valence-corrected chi connectivity index (χ3v) is 3.05. The van der Waals surface area contributed by atoms with E-state index in [1.54, 1.807) is 6.92 Å². The van der Waals surface area contributed by atoms with Gasteiger partial charge >= 0.3 is 0 Å². The zero-order chi connectivity index (χ0) is 10.6. The molecule has 0 amide bonds. The van der Waals surface area contributed by atoms with Gasteiger partial charge in [0.1, 0.15) is 5.78 Å². The molecule has 82 valence electrons. The first-order valence-corrected chi connectivity index (χ1v) is 5.51. The van der Waals surface area contributed by atoms with Gasteiger partial charge in [-0.2, -0.15) is 0 Å². The molecule has 0 saturated heterocycles. The average molecular weight is 199 g/mol. The van der Waals surface area contributed by atoms with Gasteiger partial charge in [-0.25, -0.2) is 0 Å². The predicted octanol–water partition coefficient (Wildman–Crippen LogP) is 1.20. The van der Waals surface area contributed by atoms with Gasteiger partial charge in [-0.1, -0.05) is 6.42 Å². The zero-order valence-electron chi connectivity index (χ0n) is 9.20. The maximum atomic E-state index is 11.0. The van der Waals surface area contributed by atoms with E-state index in [9.17, 15) is 4.79 Å². The molecule has 0 aromatic heterocycles. The summed E-state index contributed by atoms with van der Waals surface area (Å²) in [5.74, 6) is 0.236. The lowest BCUT2D eigenvalue weighted by atomic mass is 9.90. The minimum absolute atomic E-state index is 0.193. The van der Waals surface area contributed by atoms with Gasteiger partial charge in [0.15, 0.2) is 0 Å². The van der Waals surface area contributed by atoms with Crippen molar-refractivity contribution in [2.45, 2.75) is 51.6 Å². The molecule has 1 aliphatic carbocycles. The van der Waals surface area contributed by atoms with E-state index >= 15 is 0 Å². The topological polar surface area (TPSA) is 40.5 Å². The van der Waals surface area contributed by atoms with Gasteiger partial charge in [0, 0.05) is 25.0 Å². The SMILES string of the molecule is CC(=O)CC(C)N(CCO)C1CCC1. The first-order chi connectivity index (χ1) is 6.65. The summed E-state index contributed by atoms with van der Waals surface area (Å²) in [6, 6.07) is 0.890. The summed E-state index contributed by atoms with van der Waals surface area (Å²) in [4.78, 5) is 13.3. The summed E-state index contributed by atoms with van der Waals surface area (Å²) in [6.07, 6.45) is 4.35. The van der Waals surface area contributed by atoms with Crippen molar-refractivity contribution >= 4 is 5.78 Å². The molecule has 0 aliphatic heterocycles. The minimum atomic E-state index is 0.193. The van der Waals surface area contributed by atoms with Crippen molar-refractivity contribution in [2.75, 3.05) is 13.2 Å². The van der Waals surface area contributed by atoms with Crippen LogP contribution in [0.15, 0.2) is 0 Å². The van der Waals surface area contributed by atoms with Gasteiger partial charge in [-0.15, -0.1) is 0 Å². The number of carbonyl (C=O) groups is 1. The van der Waals surface area contributed by atoms with Crippen molar-refractivity contribution in [2.24, 2.45) is 0 Å². The summed E-state index contributed by atoms with van der Waals surface area (Å²) in [5.41, 5.74) is 0. The highest BCUT2D eigenvalue weighted by molar-refractivity contribution is 5.76. The lowest BCUT2D eigenvalue weighted by molar-refractivity contribution is -0.118. The second kappa shape index (κ2) is 5.47. The molecular weight excluding hydrogens is 178 g/mol. The van der Waals surface area contributed by atoms with Crippen LogP contribution in [0.25, 0.3) is 0 Å². The fourth-order valence-corrected chi connectivity index (χ4v) is 2.13. The average Bonchev–Trinajstić information content (AvgIpc) is 1.98. The quantitative estimate of drug-likeness (QED) is 0.699. The van der Waals surface area contributed by atoms with E-state index in [1.807, 2.05) is 0 Å². The Bertz CT molecular complexity index is 190. The van der Waals surface area contributed by atoms with Gasteiger partial charge < -0.3 is 5.11 Å². The molecule has 1 atom stereocenters. The van der Waals surface area contributed by atoms with E-state index in [0.717, 1.165) is 0 Å². The number of aliphatic hydroxyl groups is 1. The van der Waals surface area contributed by atoms with Crippen molar-refractivity contribution < 1.29 is 9.90 Å². The third-order valence-electron chi connectivity index (χ3n) is 3.05. The molecule has 0 radical (unpaired) electrons. The number of ketones is 1. The molecule has 1 rings (SSSR count). The molecule has 0 aromatic rings. The normalized spacial score (nSPS) is 19.4. The molecule has 0 heterocycles. The number of hydrogen-bond donors (Lipinski definition) is 1. The Labute approximate surface area is 86.1 Å². The Morgan fingerprint density at radius 3 is 2.57 bits per heavy atom. The second-order valence-corrected chi connectivity index (χ2v) is 4.30. The Hall–Kier alpha value is -0.410. The largest absolute Gasteiger partial charge is 0.395 e. The fraction of sp³-hybridized carbons (Fsp3) is 0.909. The van der Waals surface area contributed by atoms with Crippen LogP contribution in [0.1, 0.15) is 39.5 Å². The maximum absolute atomic E-state index is 11.0. The summed E-state index contributed by atoms with van der Waals surface area (Å²) < 4.78 is 0. The molecule has 0 aromatic carbocycles. The molecular formula is C11H21NO2. The standard InChI is InChI=1S/C11H21NO2/c1-9(8-10(2)14)12(6-7-13)11-4-3-5-11/h9,11,13H,3-8H2,1-2H3. The van der Waals surface area contributed by atoms with Crippen molar-refractivity contribution in [1.29, 1.82) is 0 Å². The number of hydrogen-bond acceptors (Lipinski definition) is 3. The number of rotatable bonds is 6. The minimum Gasteiger partial charge on any atom is -0.395 e. The van der Waals surface area contributed by atoms with E-state index in [2.05, 4.69) is 11.8 Å². The fourth-order valence-electron chi connectivity index (χ4n) is 2.13. The molecule has 3 nitrogen and oxygen atoms in total. The van der Waals surface area contributed by atoms with Crippen molar-refractivity contribution in [3.8, 4) is 0 Å². The van der Waals surface area contributed by atoms with Gasteiger partial charge in [0.05, 0.1) is 6.61 Å². The Kier molecular flexibility index (Phi) is 4.55. The molecule has 1 saturated carbocycles. The monoisotopic (exact) mass is 199 g/mol. The van der Waals surface area contributed by atoms with Crippen LogP contribution in [0.5, 0.6) is 0 Å². The second-order valence-electron chi connectivity index (χ2n) is 4.30. The summed E-state index contributed by atoms with van der Waals surface area (Å²) in [6.45, 7) is 4.61. The first-order valence-electron chi connectivity index (χ1n) is 5.51. The molecule has 1 aliphatic rings. The van der Waals surface area contributed by atoms with Crippen molar-refractivity contribution in [3.63, 3.8) is 0 Å². The van der Waals surface area contributed by atoms with Crippen LogP contribution in [-0.4, -0.2) is 41.0 Å². The lowest BCUT2D eigenvalue weighted by Gasteiger charge is -2.40. The van der Waals surface area contributed by atoms with Crippen LogP contribution in [0.4, 0.5) is 0 Å². The predicted molar refractivity (Wildman–Crippen MR) is 56.2 cm³/mol. The van der Waals surface area contributed by atoms with E-state index < -0.39 is 0 Å². The molecule has 1 N–H and O–H groups in total. The number of nitrogens with zero attached hydrogens (tertiary/aromatic N) is 1. The Morgan fingerprint density at radius 1 is 1.57 bits per heavy atom. The molecule has 0 bridgehead atoms. The van der Waals surface area contributed by atoms with Crippen LogP contribution in [0, 0.1) is 0 Å². The van der Waals surface area contributed by atoms with Crippen LogP contribution in [0.2, 0.25) is 0 Å². The lowest BCUT2D eigenvalue weighted by Crippen LogP contribution is -2.47. The van der Waals surface area contributed by atoms with Crippen LogP contribution >= 0.6 is 0 Å².